The normalized spacial score (nSPS) is 10.5. The number of halogens is 3. The second-order valence-corrected chi connectivity index (χ2v) is 6.21. The number of rotatable bonds is 7. The van der Waals surface area contributed by atoms with Gasteiger partial charge in [-0.2, -0.15) is 0 Å². The van der Waals surface area contributed by atoms with E-state index in [2.05, 4.69) is 5.32 Å². The summed E-state index contributed by atoms with van der Waals surface area (Å²) >= 11 is 5.94. The summed E-state index contributed by atoms with van der Waals surface area (Å²) in [4.78, 5) is 25.3. The molecule has 0 aromatic heterocycles. The zero-order chi connectivity index (χ0) is 19.1. The van der Waals surface area contributed by atoms with Crippen LogP contribution in [-0.2, 0) is 11.2 Å². The molecule has 0 aliphatic carbocycles. The van der Waals surface area contributed by atoms with Gasteiger partial charge >= 0.3 is 0 Å². The first-order chi connectivity index (χ1) is 12.4. The third-order valence-electron chi connectivity index (χ3n) is 3.85. The fourth-order valence-electron chi connectivity index (χ4n) is 2.43. The number of amides is 2. The number of nitrogens with one attached hydrogen (secondary N) is 1. The quantitative estimate of drug-likeness (QED) is 0.800. The second-order valence-electron chi connectivity index (χ2n) is 5.77. The molecule has 138 valence electrons. The molecule has 0 atom stereocenters. The lowest BCUT2D eigenvalue weighted by atomic mass is 10.1. The van der Waals surface area contributed by atoms with E-state index in [9.17, 15) is 18.4 Å². The van der Waals surface area contributed by atoms with Crippen LogP contribution in [0.3, 0.4) is 0 Å². The Morgan fingerprint density at radius 2 is 1.85 bits per heavy atom. The molecule has 2 amide bonds. The molecule has 0 saturated carbocycles. The summed E-state index contributed by atoms with van der Waals surface area (Å²) in [6, 6.07) is 10.3. The van der Waals surface area contributed by atoms with Crippen molar-refractivity contribution in [2.75, 3.05) is 19.6 Å². The minimum absolute atomic E-state index is 0.0252. The second kappa shape index (κ2) is 9.29. The third-order valence-corrected chi connectivity index (χ3v) is 4.09. The summed E-state index contributed by atoms with van der Waals surface area (Å²) in [6.45, 7) is 2.45. The molecule has 2 rings (SSSR count). The summed E-state index contributed by atoms with van der Waals surface area (Å²) < 4.78 is 26.1. The van der Waals surface area contributed by atoms with Crippen LogP contribution in [0.2, 0.25) is 5.02 Å². The van der Waals surface area contributed by atoms with Gasteiger partial charge in [-0.3, -0.25) is 9.59 Å². The van der Waals surface area contributed by atoms with E-state index in [0.29, 0.717) is 24.5 Å². The lowest BCUT2D eigenvalue weighted by Gasteiger charge is -2.21. The first-order valence-electron chi connectivity index (χ1n) is 8.10. The van der Waals surface area contributed by atoms with Crippen LogP contribution in [0, 0.1) is 11.6 Å². The lowest BCUT2D eigenvalue weighted by Crippen LogP contribution is -2.38. The van der Waals surface area contributed by atoms with Gasteiger partial charge in [0.05, 0.1) is 0 Å². The number of benzene rings is 2. The molecule has 0 spiro atoms. The van der Waals surface area contributed by atoms with E-state index in [1.54, 1.807) is 11.0 Å². The van der Waals surface area contributed by atoms with Crippen molar-refractivity contribution in [1.82, 2.24) is 10.2 Å². The highest BCUT2D eigenvalue weighted by Crippen LogP contribution is 2.12. The average molecular weight is 381 g/mol. The molecule has 1 N–H and O–H groups in total. The van der Waals surface area contributed by atoms with Crippen molar-refractivity contribution in [1.29, 1.82) is 0 Å². The van der Waals surface area contributed by atoms with E-state index in [-0.39, 0.29) is 18.0 Å². The molecule has 0 saturated heterocycles. The van der Waals surface area contributed by atoms with Crippen LogP contribution in [0.5, 0.6) is 0 Å². The smallest absolute Gasteiger partial charge is 0.251 e. The molecular formula is C19H19ClF2N2O2. The fraction of sp³-hybridized carbons (Fsp3) is 0.263. The van der Waals surface area contributed by atoms with Gasteiger partial charge in [-0.25, -0.2) is 8.78 Å². The molecule has 0 fully saturated rings. The van der Waals surface area contributed by atoms with E-state index in [0.717, 1.165) is 17.7 Å². The zero-order valence-corrected chi connectivity index (χ0v) is 15.0. The summed E-state index contributed by atoms with van der Waals surface area (Å²) in [5.41, 5.74) is 1.03. The van der Waals surface area contributed by atoms with Crippen molar-refractivity contribution < 1.29 is 18.4 Å². The van der Waals surface area contributed by atoms with Gasteiger partial charge in [-0.15, -0.1) is 0 Å². The Morgan fingerprint density at radius 1 is 1.08 bits per heavy atom. The molecule has 0 heterocycles. The molecule has 26 heavy (non-hydrogen) atoms. The fourth-order valence-corrected chi connectivity index (χ4v) is 2.64. The van der Waals surface area contributed by atoms with Crippen molar-refractivity contribution in [2.45, 2.75) is 13.3 Å². The van der Waals surface area contributed by atoms with Crippen molar-refractivity contribution in [3.63, 3.8) is 0 Å². The van der Waals surface area contributed by atoms with Crippen LogP contribution in [0.1, 0.15) is 22.8 Å². The maximum Gasteiger partial charge on any atom is 0.251 e. The van der Waals surface area contributed by atoms with E-state index in [1.165, 1.54) is 13.0 Å². The molecular weight excluding hydrogens is 362 g/mol. The predicted octanol–water partition coefficient (Wildman–Crippen LogP) is 3.44. The molecule has 2 aromatic rings. The molecule has 0 unspecified atom stereocenters. The topological polar surface area (TPSA) is 49.4 Å². The van der Waals surface area contributed by atoms with Gasteiger partial charge < -0.3 is 10.2 Å². The van der Waals surface area contributed by atoms with Crippen LogP contribution < -0.4 is 5.32 Å². The van der Waals surface area contributed by atoms with Crippen molar-refractivity contribution >= 4 is 23.4 Å². The third kappa shape index (κ3) is 5.81. The van der Waals surface area contributed by atoms with Gasteiger partial charge in [0, 0.05) is 37.1 Å². The van der Waals surface area contributed by atoms with Crippen molar-refractivity contribution in [2.24, 2.45) is 0 Å². The predicted molar refractivity (Wildman–Crippen MR) is 96.1 cm³/mol. The molecule has 0 aliphatic rings. The highest BCUT2D eigenvalue weighted by Gasteiger charge is 2.12. The molecule has 0 aliphatic heterocycles. The number of carbonyl (C=O) groups is 2. The molecule has 0 bridgehead atoms. The number of hydrogen-bond donors (Lipinski definition) is 1. The van der Waals surface area contributed by atoms with Crippen LogP contribution >= 0.6 is 11.6 Å². The largest absolute Gasteiger partial charge is 0.350 e. The monoisotopic (exact) mass is 380 g/mol. The Labute approximate surface area is 155 Å². The first kappa shape index (κ1) is 19.8. The van der Waals surface area contributed by atoms with E-state index >= 15 is 0 Å². The molecule has 4 nitrogen and oxygen atoms in total. The molecule has 2 aromatic carbocycles. The van der Waals surface area contributed by atoms with Gasteiger partial charge in [0.15, 0.2) is 11.6 Å². The van der Waals surface area contributed by atoms with Crippen molar-refractivity contribution in [3.05, 3.63) is 70.2 Å². The van der Waals surface area contributed by atoms with Crippen molar-refractivity contribution in [3.8, 4) is 0 Å². The number of carbonyl (C=O) groups excluding carboxylic acids is 2. The van der Waals surface area contributed by atoms with Gasteiger partial charge in [-0.05, 0) is 42.3 Å². The van der Waals surface area contributed by atoms with Crippen LogP contribution in [0.4, 0.5) is 8.78 Å². The van der Waals surface area contributed by atoms with Crippen LogP contribution in [0.25, 0.3) is 0 Å². The standard InChI is InChI=1S/C19H19ClF2N2O2/c1-13(25)24(9-7-14-3-2-4-16(20)11-14)10-8-23-19(26)15-5-6-17(21)18(22)12-15/h2-6,11-12H,7-10H2,1H3,(H,23,26). The van der Waals surface area contributed by atoms with E-state index in [1.807, 2.05) is 18.2 Å². The molecule has 7 heteroatoms. The Hall–Kier alpha value is -2.47. The highest BCUT2D eigenvalue weighted by molar-refractivity contribution is 6.30. The lowest BCUT2D eigenvalue weighted by molar-refractivity contribution is -0.128. The maximum atomic E-state index is 13.2. The van der Waals surface area contributed by atoms with Gasteiger partial charge in [0.25, 0.3) is 5.91 Å². The van der Waals surface area contributed by atoms with Crippen LogP contribution in [0.15, 0.2) is 42.5 Å². The molecule has 0 radical (unpaired) electrons. The summed E-state index contributed by atoms with van der Waals surface area (Å²) in [5.74, 6) is -2.73. The Balaban J connectivity index is 1.85. The summed E-state index contributed by atoms with van der Waals surface area (Å²) in [6.07, 6.45) is 0.636. The first-order valence-corrected chi connectivity index (χ1v) is 8.48. The SMILES string of the molecule is CC(=O)N(CCNC(=O)c1ccc(F)c(F)c1)CCc1cccc(Cl)c1. The Bertz CT molecular complexity index is 799. The van der Waals surface area contributed by atoms with Gasteiger partial charge in [0.2, 0.25) is 5.91 Å². The Morgan fingerprint density at radius 3 is 2.50 bits per heavy atom. The highest BCUT2D eigenvalue weighted by atomic mass is 35.5. The minimum atomic E-state index is -1.08. The number of nitrogens with zero attached hydrogens (tertiary/aromatic N) is 1. The summed E-state index contributed by atoms with van der Waals surface area (Å²) in [7, 11) is 0. The minimum Gasteiger partial charge on any atom is -0.350 e. The van der Waals surface area contributed by atoms with Gasteiger partial charge in [0.1, 0.15) is 0 Å². The van der Waals surface area contributed by atoms with Gasteiger partial charge in [-0.1, -0.05) is 23.7 Å². The average Bonchev–Trinajstić information content (AvgIpc) is 2.59. The van der Waals surface area contributed by atoms with Crippen LogP contribution in [-0.4, -0.2) is 36.3 Å². The van der Waals surface area contributed by atoms with E-state index in [4.69, 9.17) is 11.6 Å². The zero-order valence-electron chi connectivity index (χ0n) is 14.3. The maximum absolute atomic E-state index is 13.2. The van der Waals surface area contributed by atoms with E-state index < -0.39 is 17.5 Å². The summed E-state index contributed by atoms with van der Waals surface area (Å²) in [5, 5.41) is 3.23. The Kier molecular flexibility index (Phi) is 7.09. The number of hydrogen-bond acceptors (Lipinski definition) is 2.